The van der Waals surface area contributed by atoms with E-state index in [-0.39, 0.29) is 16.5 Å². The van der Waals surface area contributed by atoms with Gasteiger partial charge >= 0.3 is 12.8 Å². The van der Waals surface area contributed by atoms with E-state index in [1.165, 1.54) is 6.07 Å². The fourth-order valence-electron chi connectivity index (χ4n) is 1.89. The summed E-state index contributed by atoms with van der Waals surface area (Å²) in [5.74, 6) is -1.32. The Morgan fingerprint density at radius 3 is 2.44 bits per heavy atom. The largest absolute Gasteiger partial charge is 0.436 e. The third-order valence-corrected chi connectivity index (χ3v) is 3.53. The first-order chi connectivity index (χ1) is 11.5. The molecule has 0 saturated carbocycles. The van der Waals surface area contributed by atoms with Crippen molar-refractivity contribution >= 4 is 34.8 Å². The summed E-state index contributed by atoms with van der Waals surface area (Å²) >= 11 is 11.3. The lowest BCUT2D eigenvalue weighted by atomic mass is 10.2. The Morgan fingerprint density at radius 2 is 1.96 bits per heavy atom. The molecule has 0 bridgehead atoms. The van der Waals surface area contributed by atoms with E-state index < -0.39 is 35.1 Å². The molecule has 0 atom stereocenters. The average molecular weight is 404 g/mol. The van der Waals surface area contributed by atoms with Crippen LogP contribution >= 0.6 is 23.2 Å². The summed E-state index contributed by atoms with van der Waals surface area (Å²) in [5.41, 5.74) is -1.90. The van der Waals surface area contributed by atoms with Gasteiger partial charge in [-0.3, -0.25) is 9.48 Å². The van der Waals surface area contributed by atoms with E-state index >= 15 is 0 Å². The topological polar surface area (TPSA) is 56.2 Å². The highest BCUT2D eigenvalue weighted by atomic mass is 35.5. The van der Waals surface area contributed by atoms with Crippen LogP contribution in [0.1, 0.15) is 16.2 Å². The molecule has 5 nitrogen and oxygen atoms in total. The zero-order chi connectivity index (χ0) is 18.9. The van der Waals surface area contributed by atoms with Crippen molar-refractivity contribution in [2.75, 3.05) is 5.32 Å². The van der Waals surface area contributed by atoms with Gasteiger partial charge in [0.05, 0.1) is 5.02 Å². The second-order valence-corrected chi connectivity index (χ2v) is 5.40. The van der Waals surface area contributed by atoms with Gasteiger partial charge in [-0.1, -0.05) is 23.2 Å². The quantitative estimate of drug-likeness (QED) is 0.759. The molecule has 0 saturated heterocycles. The normalized spacial score (nSPS) is 11.7. The van der Waals surface area contributed by atoms with Gasteiger partial charge in [-0.25, -0.2) is 0 Å². The lowest BCUT2D eigenvalue weighted by molar-refractivity contribution is -0.141. The average Bonchev–Trinajstić information content (AvgIpc) is 2.76. The van der Waals surface area contributed by atoms with Crippen molar-refractivity contribution < 1.29 is 31.5 Å². The first kappa shape index (κ1) is 19.3. The molecule has 12 heteroatoms. The second-order valence-electron chi connectivity index (χ2n) is 4.61. The molecule has 1 amide bonds. The molecule has 1 aromatic heterocycles. The van der Waals surface area contributed by atoms with Crippen LogP contribution in [0.25, 0.3) is 0 Å². The van der Waals surface area contributed by atoms with Crippen molar-refractivity contribution in [1.29, 1.82) is 0 Å². The molecule has 0 aliphatic carbocycles. The number of ether oxygens (including phenoxy) is 1. The Bertz CT molecular complexity index is 808. The van der Waals surface area contributed by atoms with E-state index in [1.54, 1.807) is 0 Å². The minimum atomic E-state index is -4.83. The zero-order valence-electron chi connectivity index (χ0n) is 12.2. The Morgan fingerprint density at radius 1 is 1.32 bits per heavy atom. The van der Waals surface area contributed by atoms with Crippen LogP contribution in [0.4, 0.5) is 27.6 Å². The summed E-state index contributed by atoms with van der Waals surface area (Å²) in [5, 5.41) is 4.33. The number of carbonyl (C=O) groups excluding carboxylic acids is 1. The number of benzene rings is 1. The lowest BCUT2D eigenvalue weighted by Crippen LogP contribution is -2.16. The van der Waals surface area contributed by atoms with Crippen LogP contribution in [0, 0.1) is 0 Å². The van der Waals surface area contributed by atoms with E-state index in [4.69, 9.17) is 23.2 Å². The molecule has 1 N–H and O–H groups in total. The lowest BCUT2D eigenvalue weighted by Gasteiger charge is -2.10. The first-order valence-corrected chi connectivity index (χ1v) is 7.11. The van der Waals surface area contributed by atoms with Crippen LogP contribution in [0.15, 0.2) is 18.2 Å². The molecule has 25 heavy (non-hydrogen) atoms. The van der Waals surface area contributed by atoms with Crippen molar-refractivity contribution in [3.05, 3.63) is 39.6 Å². The number of hydrogen-bond donors (Lipinski definition) is 1. The number of amides is 1. The van der Waals surface area contributed by atoms with Gasteiger partial charge in [0.2, 0.25) is 0 Å². The summed E-state index contributed by atoms with van der Waals surface area (Å²) < 4.78 is 67.4. The van der Waals surface area contributed by atoms with Crippen LogP contribution in [-0.4, -0.2) is 22.3 Å². The summed E-state index contributed by atoms with van der Waals surface area (Å²) in [6.45, 7) is -3.09. The van der Waals surface area contributed by atoms with E-state index in [9.17, 15) is 26.7 Å². The number of rotatable bonds is 4. The Kier molecular flexibility index (Phi) is 5.43. The summed E-state index contributed by atoms with van der Waals surface area (Å²) in [4.78, 5) is 12.2. The molecular formula is C13H8Cl2F5N3O2. The minimum absolute atomic E-state index is 0.0300. The van der Waals surface area contributed by atoms with Gasteiger partial charge in [-0.15, -0.1) is 0 Å². The number of nitrogens with one attached hydrogen (secondary N) is 1. The number of aryl methyl sites for hydroxylation is 1. The molecule has 0 spiro atoms. The van der Waals surface area contributed by atoms with Crippen LogP contribution in [-0.2, 0) is 13.2 Å². The first-order valence-electron chi connectivity index (χ1n) is 6.36. The van der Waals surface area contributed by atoms with Gasteiger partial charge in [-0.2, -0.15) is 27.1 Å². The smallest absolute Gasteiger partial charge is 0.433 e. The molecule has 0 aliphatic rings. The van der Waals surface area contributed by atoms with Gasteiger partial charge in [0.25, 0.3) is 5.91 Å². The molecule has 2 aromatic rings. The number of anilines is 1. The summed E-state index contributed by atoms with van der Waals surface area (Å²) in [6.07, 6.45) is -4.83. The SMILES string of the molecule is Cn1nc(C(F)(F)F)c(Cl)c1C(=O)Nc1ccc(OC(F)F)c(Cl)c1. The van der Waals surface area contributed by atoms with E-state index in [0.717, 1.165) is 19.2 Å². The van der Waals surface area contributed by atoms with Crippen LogP contribution in [0.2, 0.25) is 10.0 Å². The molecule has 0 fully saturated rings. The fraction of sp³-hybridized carbons (Fsp3) is 0.231. The Balaban J connectivity index is 2.26. The predicted octanol–water partition coefficient (Wildman–Crippen LogP) is 4.60. The molecule has 136 valence electrons. The second kappa shape index (κ2) is 7.04. The standard InChI is InChI=1S/C13H8Cl2F5N3O2/c1-23-9(8(15)10(22-23)13(18,19)20)11(24)21-5-2-3-7(6(14)4-5)25-12(16)17/h2-4,12H,1H3,(H,21,24). The molecule has 1 heterocycles. The molecule has 0 aliphatic heterocycles. The number of carbonyl (C=O) groups is 1. The molecule has 2 rings (SSSR count). The van der Waals surface area contributed by atoms with Crippen molar-refractivity contribution in [2.45, 2.75) is 12.8 Å². The molecule has 0 radical (unpaired) electrons. The van der Waals surface area contributed by atoms with Crippen molar-refractivity contribution in [2.24, 2.45) is 7.05 Å². The maximum absolute atomic E-state index is 12.7. The Labute approximate surface area is 147 Å². The highest BCUT2D eigenvalue weighted by Crippen LogP contribution is 2.36. The van der Waals surface area contributed by atoms with Gasteiger partial charge in [0.1, 0.15) is 16.5 Å². The highest BCUT2D eigenvalue weighted by Gasteiger charge is 2.39. The van der Waals surface area contributed by atoms with Crippen LogP contribution in [0.5, 0.6) is 5.75 Å². The van der Waals surface area contributed by atoms with Crippen molar-refractivity contribution in [1.82, 2.24) is 9.78 Å². The number of hydrogen-bond acceptors (Lipinski definition) is 3. The third kappa shape index (κ3) is 4.31. The number of nitrogens with zero attached hydrogens (tertiary/aromatic N) is 2. The monoisotopic (exact) mass is 403 g/mol. The van der Waals surface area contributed by atoms with Crippen LogP contribution in [0.3, 0.4) is 0 Å². The van der Waals surface area contributed by atoms with Crippen LogP contribution < -0.4 is 10.1 Å². The van der Waals surface area contributed by atoms with Crippen molar-refractivity contribution in [3.63, 3.8) is 0 Å². The highest BCUT2D eigenvalue weighted by molar-refractivity contribution is 6.35. The van der Waals surface area contributed by atoms with Gasteiger partial charge in [-0.05, 0) is 18.2 Å². The van der Waals surface area contributed by atoms with E-state index in [1.807, 2.05) is 0 Å². The summed E-state index contributed by atoms with van der Waals surface area (Å²) in [6, 6.07) is 3.33. The summed E-state index contributed by atoms with van der Waals surface area (Å²) in [7, 11) is 1.11. The molecule has 1 aromatic carbocycles. The van der Waals surface area contributed by atoms with Gasteiger partial charge < -0.3 is 10.1 Å². The zero-order valence-corrected chi connectivity index (χ0v) is 13.7. The van der Waals surface area contributed by atoms with Crippen molar-refractivity contribution in [3.8, 4) is 5.75 Å². The third-order valence-electron chi connectivity index (χ3n) is 2.88. The van der Waals surface area contributed by atoms with E-state index in [0.29, 0.717) is 4.68 Å². The van der Waals surface area contributed by atoms with Gasteiger partial charge in [0, 0.05) is 12.7 Å². The predicted molar refractivity (Wildman–Crippen MR) is 79.3 cm³/mol. The molecule has 0 unspecified atom stereocenters. The van der Waals surface area contributed by atoms with Gasteiger partial charge in [0.15, 0.2) is 5.69 Å². The number of halogens is 7. The maximum Gasteiger partial charge on any atom is 0.436 e. The van der Waals surface area contributed by atoms with E-state index in [2.05, 4.69) is 15.2 Å². The number of aromatic nitrogens is 2. The fourth-order valence-corrected chi connectivity index (χ4v) is 2.46. The molecular weight excluding hydrogens is 396 g/mol. The number of alkyl halides is 5. The maximum atomic E-state index is 12.7. The minimum Gasteiger partial charge on any atom is -0.433 e. The Hall–Kier alpha value is -2.07.